The fourth-order valence-electron chi connectivity index (χ4n) is 3.94. The number of phenols is 2. The maximum Gasteiger partial charge on any atom is 0.145 e. The highest BCUT2D eigenvalue weighted by atomic mass is 16.3. The average molecular weight is 312 g/mol. The number of nitrogens with two attached hydrogens (primary N) is 2. The molecule has 0 unspecified atom stereocenters. The SMILES string of the molecule is Cc1cc(N)c(O)c2c1N1Cc3cc(N)c(O)c(C)c3N(C2)C1. The van der Waals surface area contributed by atoms with Gasteiger partial charge in [-0.3, -0.25) is 0 Å². The molecule has 23 heavy (non-hydrogen) atoms. The lowest BCUT2D eigenvalue weighted by Gasteiger charge is -2.46. The quantitative estimate of drug-likeness (QED) is 0.439. The Hall–Kier alpha value is -2.76. The van der Waals surface area contributed by atoms with Gasteiger partial charge in [0, 0.05) is 17.7 Å². The van der Waals surface area contributed by atoms with E-state index in [0.717, 1.165) is 33.6 Å². The van der Waals surface area contributed by atoms with E-state index in [1.165, 1.54) is 0 Å². The minimum Gasteiger partial charge on any atom is -0.505 e. The Balaban J connectivity index is 1.93. The molecule has 0 spiro atoms. The molecule has 6 nitrogen and oxygen atoms in total. The number of aromatic hydroxyl groups is 2. The van der Waals surface area contributed by atoms with Crippen molar-refractivity contribution < 1.29 is 10.2 Å². The topological polar surface area (TPSA) is 99.0 Å². The predicted molar refractivity (Wildman–Crippen MR) is 91.7 cm³/mol. The minimum atomic E-state index is 0.135. The summed E-state index contributed by atoms with van der Waals surface area (Å²) in [6.07, 6.45) is 0. The molecule has 2 heterocycles. The summed E-state index contributed by atoms with van der Waals surface area (Å²) in [5, 5.41) is 20.6. The van der Waals surface area contributed by atoms with Crippen molar-refractivity contribution in [1.82, 2.24) is 0 Å². The molecular formula is C17H20N4O2. The van der Waals surface area contributed by atoms with Crippen LogP contribution in [0.15, 0.2) is 12.1 Å². The van der Waals surface area contributed by atoms with Gasteiger partial charge in [-0.05, 0) is 37.1 Å². The number of phenolic OH excluding ortho intramolecular Hbond substituents is 2. The summed E-state index contributed by atoms with van der Waals surface area (Å²) in [5.41, 5.74) is 18.5. The monoisotopic (exact) mass is 312 g/mol. The van der Waals surface area contributed by atoms with E-state index in [-0.39, 0.29) is 11.5 Å². The van der Waals surface area contributed by atoms with E-state index in [4.69, 9.17) is 11.5 Å². The van der Waals surface area contributed by atoms with Crippen LogP contribution in [0.1, 0.15) is 22.3 Å². The molecule has 2 aromatic carbocycles. The normalized spacial score (nSPS) is 15.4. The standard InChI is InChI=1S/C17H20N4O2/c1-8-3-12(18)17(23)11-6-21-7-20(14(8)11)5-10-4-13(19)16(22)9(2)15(10)21/h3-4,22-23H,5-7,18-19H2,1-2H3. The van der Waals surface area contributed by atoms with E-state index < -0.39 is 0 Å². The van der Waals surface area contributed by atoms with Crippen LogP contribution in [-0.2, 0) is 13.1 Å². The third-order valence-electron chi connectivity index (χ3n) is 4.89. The fourth-order valence-corrected chi connectivity index (χ4v) is 3.94. The van der Waals surface area contributed by atoms with Crippen molar-refractivity contribution in [2.75, 3.05) is 27.9 Å². The van der Waals surface area contributed by atoms with Gasteiger partial charge in [-0.2, -0.15) is 0 Å². The molecule has 0 aliphatic carbocycles. The van der Waals surface area contributed by atoms with E-state index in [1.54, 1.807) is 0 Å². The van der Waals surface area contributed by atoms with Crippen molar-refractivity contribution >= 4 is 22.7 Å². The lowest BCUT2D eigenvalue weighted by atomic mass is 9.95. The molecule has 2 aliphatic heterocycles. The molecule has 4 rings (SSSR count). The number of rotatable bonds is 0. The summed E-state index contributed by atoms with van der Waals surface area (Å²) >= 11 is 0. The van der Waals surface area contributed by atoms with E-state index >= 15 is 0 Å². The molecule has 0 amide bonds. The zero-order valence-electron chi connectivity index (χ0n) is 13.2. The van der Waals surface area contributed by atoms with Crippen LogP contribution < -0.4 is 21.3 Å². The van der Waals surface area contributed by atoms with Crippen LogP contribution in [0.3, 0.4) is 0 Å². The number of benzene rings is 2. The maximum absolute atomic E-state index is 10.4. The van der Waals surface area contributed by atoms with Gasteiger partial charge < -0.3 is 31.5 Å². The molecule has 0 saturated heterocycles. The van der Waals surface area contributed by atoms with E-state index in [2.05, 4.69) is 9.80 Å². The minimum absolute atomic E-state index is 0.135. The zero-order chi connectivity index (χ0) is 16.5. The summed E-state index contributed by atoms with van der Waals surface area (Å²) in [6.45, 7) is 5.85. The van der Waals surface area contributed by atoms with Gasteiger partial charge in [-0.25, -0.2) is 0 Å². The smallest absolute Gasteiger partial charge is 0.145 e. The van der Waals surface area contributed by atoms with Gasteiger partial charge in [0.05, 0.1) is 36.0 Å². The highest BCUT2D eigenvalue weighted by molar-refractivity contribution is 5.80. The lowest BCUT2D eigenvalue weighted by molar-refractivity contribution is 0.464. The van der Waals surface area contributed by atoms with Crippen molar-refractivity contribution in [2.45, 2.75) is 26.9 Å². The largest absolute Gasteiger partial charge is 0.505 e. The Morgan fingerprint density at radius 1 is 0.913 bits per heavy atom. The second-order valence-corrected chi connectivity index (χ2v) is 6.44. The van der Waals surface area contributed by atoms with Crippen molar-refractivity contribution in [3.63, 3.8) is 0 Å². The second-order valence-electron chi connectivity index (χ2n) is 6.44. The third-order valence-corrected chi connectivity index (χ3v) is 4.89. The van der Waals surface area contributed by atoms with Crippen LogP contribution in [0.4, 0.5) is 22.7 Å². The number of nitrogens with zero attached hydrogens (tertiary/aromatic N) is 2. The predicted octanol–water partition coefficient (Wildman–Crippen LogP) is 2.18. The molecular weight excluding hydrogens is 292 g/mol. The number of anilines is 4. The summed E-state index contributed by atoms with van der Waals surface area (Å²) < 4.78 is 0. The molecule has 6 heteroatoms. The molecule has 0 atom stereocenters. The van der Waals surface area contributed by atoms with Gasteiger partial charge in [-0.15, -0.1) is 0 Å². The second kappa shape index (κ2) is 4.38. The van der Waals surface area contributed by atoms with Crippen LogP contribution >= 0.6 is 0 Å². The van der Waals surface area contributed by atoms with Gasteiger partial charge >= 0.3 is 0 Å². The van der Waals surface area contributed by atoms with Crippen molar-refractivity contribution in [3.05, 3.63) is 34.4 Å². The van der Waals surface area contributed by atoms with Crippen LogP contribution in [0.2, 0.25) is 0 Å². The average Bonchev–Trinajstić information content (AvgIpc) is 2.49. The van der Waals surface area contributed by atoms with Gasteiger partial charge in [0.25, 0.3) is 0 Å². The van der Waals surface area contributed by atoms with Crippen molar-refractivity contribution in [2.24, 2.45) is 0 Å². The van der Waals surface area contributed by atoms with Crippen molar-refractivity contribution in [1.29, 1.82) is 0 Å². The Morgan fingerprint density at radius 3 is 2.30 bits per heavy atom. The molecule has 2 aromatic rings. The summed E-state index contributed by atoms with van der Waals surface area (Å²) in [6, 6.07) is 3.66. The molecule has 6 N–H and O–H groups in total. The first-order valence-corrected chi connectivity index (χ1v) is 7.60. The summed E-state index contributed by atoms with van der Waals surface area (Å²) in [7, 11) is 0. The van der Waals surface area contributed by atoms with Crippen molar-refractivity contribution in [3.8, 4) is 11.5 Å². The van der Waals surface area contributed by atoms with Crippen LogP contribution in [0, 0.1) is 13.8 Å². The zero-order valence-corrected chi connectivity index (χ0v) is 13.2. The molecule has 0 aromatic heterocycles. The van der Waals surface area contributed by atoms with Gasteiger partial charge in [-0.1, -0.05) is 0 Å². The fraction of sp³-hybridized carbons (Fsp3) is 0.294. The molecule has 120 valence electrons. The number of aryl methyl sites for hydroxylation is 1. The Morgan fingerprint density at radius 2 is 1.57 bits per heavy atom. The Kier molecular flexibility index (Phi) is 2.64. The Labute approximate surface area is 134 Å². The number of nitrogen functional groups attached to an aromatic ring is 2. The first-order chi connectivity index (χ1) is 10.9. The number of hydrogen-bond acceptors (Lipinski definition) is 6. The lowest BCUT2D eigenvalue weighted by Crippen LogP contribution is -2.46. The molecule has 2 aliphatic rings. The molecule has 0 saturated carbocycles. The van der Waals surface area contributed by atoms with E-state index in [0.29, 0.717) is 31.1 Å². The van der Waals surface area contributed by atoms with Gasteiger partial charge in [0.2, 0.25) is 0 Å². The first-order valence-electron chi connectivity index (χ1n) is 7.60. The summed E-state index contributed by atoms with van der Waals surface area (Å²) in [5.74, 6) is 0.289. The van der Waals surface area contributed by atoms with E-state index in [9.17, 15) is 10.2 Å². The molecule has 2 bridgehead atoms. The molecule has 0 radical (unpaired) electrons. The van der Waals surface area contributed by atoms with E-state index in [1.807, 2.05) is 26.0 Å². The molecule has 0 fully saturated rings. The van der Waals surface area contributed by atoms with Crippen LogP contribution in [0.25, 0.3) is 0 Å². The summed E-state index contributed by atoms with van der Waals surface area (Å²) in [4.78, 5) is 4.36. The van der Waals surface area contributed by atoms with Gasteiger partial charge in [0.15, 0.2) is 0 Å². The Bertz CT molecular complexity index is 847. The highest BCUT2D eigenvalue weighted by Crippen LogP contribution is 2.47. The number of fused-ring (bicyclic) bond motifs is 6. The first kappa shape index (κ1) is 13.9. The van der Waals surface area contributed by atoms with Gasteiger partial charge in [0.1, 0.15) is 11.5 Å². The van der Waals surface area contributed by atoms with Crippen LogP contribution in [0.5, 0.6) is 11.5 Å². The maximum atomic E-state index is 10.4. The number of hydrogen-bond donors (Lipinski definition) is 4. The van der Waals surface area contributed by atoms with Crippen LogP contribution in [-0.4, -0.2) is 16.9 Å². The highest BCUT2D eigenvalue weighted by Gasteiger charge is 2.34. The third kappa shape index (κ3) is 1.75.